The topological polar surface area (TPSA) is 123 Å². The molecule has 0 bridgehead atoms. The molecule has 4 rings (SSSR count). The van der Waals surface area contributed by atoms with E-state index in [2.05, 4.69) is 20.0 Å². The lowest BCUT2D eigenvalue weighted by atomic mass is 9.79. The van der Waals surface area contributed by atoms with Gasteiger partial charge in [0.25, 0.3) is 0 Å². The molecule has 0 saturated carbocycles. The molecule has 1 aliphatic rings. The number of hydrogen-bond donors (Lipinski definition) is 2. The molecule has 186 valence electrons. The van der Waals surface area contributed by atoms with Gasteiger partial charge < -0.3 is 20.6 Å². The van der Waals surface area contributed by atoms with Crippen LogP contribution < -0.4 is 5.73 Å². The molecule has 8 nitrogen and oxygen atoms in total. The molecule has 0 aliphatic heterocycles. The molecule has 2 aromatic heterocycles. The molecular formula is C27H29N5O3S. The first-order chi connectivity index (χ1) is 17.3. The van der Waals surface area contributed by atoms with E-state index in [0.717, 1.165) is 34.4 Å². The highest BCUT2D eigenvalue weighted by Gasteiger charge is 2.39. The highest BCUT2D eigenvalue weighted by molar-refractivity contribution is 7.15. The van der Waals surface area contributed by atoms with E-state index in [1.54, 1.807) is 37.7 Å². The maximum Gasteiger partial charge on any atom is 0.337 e. The molecule has 0 saturated heterocycles. The monoisotopic (exact) mass is 503 g/mol. The zero-order chi connectivity index (χ0) is 25.7. The fraction of sp³-hybridized carbons (Fsp3) is 0.296. The lowest BCUT2D eigenvalue weighted by Gasteiger charge is -2.33. The van der Waals surface area contributed by atoms with Crippen molar-refractivity contribution in [3.63, 3.8) is 0 Å². The van der Waals surface area contributed by atoms with Gasteiger partial charge in [-0.15, -0.1) is 11.3 Å². The van der Waals surface area contributed by atoms with E-state index in [1.165, 1.54) is 18.4 Å². The summed E-state index contributed by atoms with van der Waals surface area (Å²) in [7, 11) is 3.08. The van der Waals surface area contributed by atoms with Gasteiger partial charge in [0.2, 0.25) is 0 Å². The van der Waals surface area contributed by atoms with Gasteiger partial charge in [-0.05, 0) is 73.2 Å². The quantitative estimate of drug-likeness (QED) is 0.278. The number of methoxy groups -OCH3 is 1. The number of aromatic nitrogens is 2. The van der Waals surface area contributed by atoms with Gasteiger partial charge in [-0.1, -0.05) is 12.1 Å². The minimum Gasteiger partial charge on any atom is -0.465 e. The summed E-state index contributed by atoms with van der Waals surface area (Å²) < 4.78 is 4.84. The van der Waals surface area contributed by atoms with Crippen LogP contribution >= 0.6 is 11.3 Å². The van der Waals surface area contributed by atoms with Crippen LogP contribution in [-0.4, -0.2) is 47.3 Å². The first-order valence-corrected chi connectivity index (χ1v) is 12.5. The first kappa shape index (κ1) is 25.4. The molecule has 1 atom stereocenters. The van der Waals surface area contributed by atoms with Crippen molar-refractivity contribution in [3.05, 3.63) is 75.9 Å². The van der Waals surface area contributed by atoms with Crippen LogP contribution in [0.1, 0.15) is 51.3 Å². The molecule has 3 aromatic rings. The molecule has 1 unspecified atom stereocenters. The number of carbonyl (C=O) groups excluding carboxylic acids is 1. The Morgan fingerprint density at radius 1 is 1.33 bits per heavy atom. The molecule has 1 aliphatic carbocycles. The summed E-state index contributed by atoms with van der Waals surface area (Å²) in [6.45, 7) is 1.97. The Kier molecular flexibility index (Phi) is 7.71. The van der Waals surface area contributed by atoms with Gasteiger partial charge >= 0.3 is 5.97 Å². The molecule has 3 N–H and O–H groups in total. The van der Waals surface area contributed by atoms with Gasteiger partial charge in [-0.2, -0.15) is 0 Å². The number of amidine groups is 1. The third-order valence-corrected chi connectivity index (χ3v) is 7.15. The van der Waals surface area contributed by atoms with E-state index >= 15 is 0 Å². The number of thiazole rings is 1. The standard InChI is InChI=1S/C27H29N5O3S/c1-17-13-21(31-24(14-17)32-23(28)8-4-5-12-29-2)22-16-30-26(36-22)27(34)11-6-7-18-15-19(25(33)35-3)9-10-20(18)27/h4,8-10,12-16,34H,5-7,11H2,1-3H3,(H2,28,31,32)/b8-4+,29-12?. The van der Waals surface area contributed by atoms with Crippen LogP contribution in [0.2, 0.25) is 0 Å². The highest BCUT2D eigenvalue weighted by atomic mass is 32.1. The Bertz CT molecular complexity index is 1360. The number of aryl methyl sites for hydroxylation is 2. The number of nitrogens with two attached hydrogens (primary N) is 1. The number of aliphatic hydroxyl groups is 1. The number of hydrogen-bond acceptors (Lipinski definition) is 8. The van der Waals surface area contributed by atoms with Crippen molar-refractivity contribution in [2.45, 2.75) is 38.2 Å². The average molecular weight is 504 g/mol. The minimum absolute atomic E-state index is 0.355. The molecule has 0 spiro atoms. The van der Waals surface area contributed by atoms with Crippen LogP contribution in [0.4, 0.5) is 5.82 Å². The first-order valence-electron chi connectivity index (χ1n) is 11.6. The van der Waals surface area contributed by atoms with E-state index in [9.17, 15) is 9.90 Å². The predicted molar refractivity (Wildman–Crippen MR) is 143 cm³/mol. The highest BCUT2D eigenvalue weighted by Crippen LogP contribution is 2.43. The SMILES string of the molecule is CN=CC/C=C/C(N)=N\c1cc(C)cc(-c2cnc(C3(O)CCCc4cc(C(=O)OC)ccc43)s2)n1. The van der Waals surface area contributed by atoms with E-state index in [-0.39, 0.29) is 0 Å². The maximum atomic E-state index is 12.0. The summed E-state index contributed by atoms with van der Waals surface area (Å²) in [5, 5.41) is 12.3. The zero-order valence-electron chi connectivity index (χ0n) is 20.6. The fourth-order valence-corrected chi connectivity index (χ4v) is 5.29. The van der Waals surface area contributed by atoms with Crippen molar-refractivity contribution < 1.29 is 14.6 Å². The summed E-state index contributed by atoms with van der Waals surface area (Å²) in [5.41, 5.74) is 8.69. The maximum absolute atomic E-state index is 12.0. The van der Waals surface area contributed by atoms with Gasteiger partial charge in [0.05, 0.1) is 23.2 Å². The molecule has 36 heavy (non-hydrogen) atoms. The lowest BCUT2D eigenvalue weighted by Crippen LogP contribution is -2.32. The second kappa shape index (κ2) is 10.9. The average Bonchev–Trinajstić information content (AvgIpc) is 3.37. The smallest absolute Gasteiger partial charge is 0.337 e. The number of aliphatic imine (C=N–C) groups is 2. The van der Waals surface area contributed by atoms with Crippen LogP contribution in [0.25, 0.3) is 10.6 Å². The molecule has 0 radical (unpaired) electrons. The molecule has 2 heterocycles. The number of esters is 1. The van der Waals surface area contributed by atoms with Crippen LogP contribution in [0, 0.1) is 6.92 Å². The fourth-order valence-electron chi connectivity index (χ4n) is 4.28. The van der Waals surface area contributed by atoms with Crippen molar-refractivity contribution in [2.24, 2.45) is 15.7 Å². The summed E-state index contributed by atoms with van der Waals surface area (Å²) >= 11 is 1.40. The largest absolute Gasteiger partial charge is 0.465 e. The van der Waals surface area contributed by atoms with E-state index in [1.807, 2.05) is 31.2 Å². The normalized spacial score (nSPS) is 18.1. The Balaban J connectivity index is 1.64. The molecule has 9 heteroatoms. The van der Waals surface area contributed by atoms with Gasteiger partial charge in [0, 0.05) is 25.9 Å². The third kappa shape index (κ3) is 5.42. The second-order valence-corrected chi connectivity index (χ2v) is 9.64. The van der Waals surface area contributed by atoms with E-state index in [4.69, 9.17) is 10.5 Å². The Morgan fingerprint density at radius 3 is 2.94 bits per heavy atom. The van der Waals surface area contributed by atoms with Crippen LogP contribution in [0.3, 0.4) is 0 Å². The number of nitrogens with zero attached hydrogens (tertiary/aromatic N) is 4. The van der Waals surface area contributed by atoms with Crippen LogP contribution in [-0.2, 0) is 16.8 Å². The van der Waals surface area contributed by atoms with Gasteiger partial charge in [0.1, 0.15) is 16.4 Å². The summed E-state index contributed by atoms with van der Waals surface area (Å²) in [4.78, 5) is 30.4. The van der Waals surface area contributed by atoms with Crippen molar-refractivity contribution >= 4 is 35.2 Å². The molecule has 0 fully saturated rings. The van der Waals surface area contributed by atoms with E-state index in [0.29, 0.717) is 40.8 Å². The number of allylic oxidation sites excluding steroid dienone is 1. The van der Waals surface area contributed by atoms with E-state index < -0.39 is 11.6 Å². The van der Waals surface area contributed by atoms with Crippen molar-refractivity contribution in [1.29, 1.82) is 0 Å². The Labute approximate surface area is 214 Å². The number of rotatable bonds is 7. The second-order valence-electron chi connectivity index (χ2n) is 8.61. The summed E-state index contributed by atoms with van der Waals surface area (Å²) in [5.74, 6) is 0.467. The van der Waals surface area contributed by atoms with Crippen molar-refractivity contribution in [2.75, 3.05) is 14.2 Å². The van der Waals surface area contributed by atoms with Crippen molar-refractivity contribution in [3.8, 4) is 10.6 Å². The minimum atomic E-state index is -1.23. The third-order valence-electron chi connectivity index (χ3n) is 5.98. The van der Waals surface area contributed by atoms with Gasteiger partial charge in [-0.3, -0.25) is 0 Å². The summed E-state index contributed by atoms with van der Waals surface area (Å²) in [6, 6.07) is 9.13. The number of fused-ring (bicyclic) bond motifs is 1. The molecule has 0 amide bonds. The number of pyridine rings is 1. The molecule has 1 aromatic carbocycles. The lowest BCUT2D eigenvalue weighted by molar-refractivity contribution is 0.0583. The van der Waals surface area contributed by atoms with Crippen LogP contribution in [0.5, 0.6) is 0 Å². The Hall–Kier alpha value is -3.69. The van der Waals surface area contributed by atoms with Gasteiger partial charge in [0.15, 0.2) is 5.82 Å². The Morgan fingerprint density at radius 2 is 2.17 bits per heavy atom. The number of carbonyl (C=O) groups is 1. The number of benzene rings is 1. The summed E-state index contributed by atoms with van der Waals surface area (Å²) in [6.07, 6.45) is 9.92. The molecular weight excluding hydrogens is 474 g/mol. The zero-order valence-corrected chi connectivity index (χ0v) is 21.4. The van der Waals surface area contributed by atoms with Crippen LogP contribution in [0.15, 0.2) is 58.7 Å². The van der Waals surface area contributed by atoms with Crippen molar-refractivity contribution in [1.82, 2.24) is 9.97 Å². The van der Waals surface area contributed by atoms with Gasteiger partial charge in [-0.25, -0.2) is 19.8 Å². The predicted octanol–water partition coefficient (Wildman–Crippen LogP) is 4.51. The number of ether oxygens (including phenoxy) is 1.